The number of amides is 2. The molecule has 0 N–H and O–H groups in total. The summed E-state index contributed by atoms with van der Waals surface area (Å²) in [5.41, 5.74) is -0.666. The van der Waals surface area contributed by atoms with Gasteiger partial charge in [0.25, 0.3) is 0 Å². The molecule has 2 heterocycles. The number of hydrogen-bond donors (Lipinski definition) is 0. The monoisotopic (exact) mass is 635 g/mol. The Bertz CT molecular complexity index is 1270. The Morgan fingerprint density at radius 2 is 1.33 bits per heavy atom. The number of likely N-dealkylation sites (tertiary alicyclic amines) is 1. The van der Waals surface area contributed by atoms with E-state index in [2.05, 4.69) is 0 Å². The Hall–Kier alpha value is -3.32. The normalized spacial score (nSPS) is 19.6. The lowest BCUT2D eigenvalue weighted by Crippen LogP contribution is -2.60. The second-order valence-corrected chi connectivity index (χ2v) is 10.6. The lowest BCUT2D eigenvalue weighted by Gasteiger charge is -2.42. The highest BCUT2D eigenvalue weighted by Gasteiger charge is 2.37. The van der Waals surface area contributed by atoms with E-state index in [1.165, 1.54) is 36.3 Å². The van der Waals surface area contributed by atoms with Crippen molar-refractivity contribution in [3.05, 3.63) is 70.8 Å². The van der Waals surface area contributed by atoms with Crippen LogP contribution < -0.4 is 0 Å². The SMILES string of the molecule is COC(=O)N1CCN(C(=O)Cc2ccc(C(F)(F)F)cc2)C(CN2CCC(C(=O)Cc3ccc(C(F)(F)F)cc3)C2)C1.Cl. The summed E-state index contributed by atoms with van der Waals surface area (Å²) in [7, 11) is 1.26. The molecule has 0 radical (unpaired) electrons. The molecule has 14 heteroatoms. The van der Waals surface area contributed by atoms with Gasteiger partial charge in [-0.25, -0.2) is 4.79 Å². The lowest BCUT2D eigenvalue weighted by molar-refractivity contribution is -0.138. The number of carbonyl (C=O) groups excluding carboxylic acids is 3. The molecule has 0 spiro atoms. The maximum absolute atomic E-state index is 13.3. The van der Waals surface area contributed by atoms with Crippen molar-refractivity contribution in [3.8, 4) is 0 Å². The smallest absolute Gasteiger partial charge is 0.416 e. The molecule has 0 bridgehead atoms. The molecule has 2 aliphatic rings. The zero-order valence-electron chi connectivity index (χ0n) is 23.3. The minimum Gasteiger partial charge on any atom is -0.453 e. The zero-order chi connectivity index (χ0) is 30.7. The Kier molecular flexibility index (Phi) is 11.1. The van der Waals surface area contributed by atoms with Gasteiger partial charge in [-0.3, -0.25) is 9.59 Å². The molecule has 2 amide bonds. The van der Waals surface area contributed by atoms with Gasteiger partial charge in [0.05, 0.1) is 30.7 Å². The van der Waals surface area contributed by atoms with Gasteiger partial charge in [0.15, 0.2) is 0 Å². The number of piperazine rings is 1. The van der Waals surface area contributed by atoms with Crippen molar-refractivity contribution >= 4 is 30.2 Å². The van der Waals surface area contributed by atoms with Crippen LogP contribution in [0.15, 0.2) is 48.5 Å². The molecule has 0 saturated carbocycles. The maximum atomic E-state index is 13.3. The van der Waals surface area contributed by atoms with E-state index < -0.39 is 35.6 Å². The highest BCUT2D eigenvalue weighted by molar-refractivity contribution is 5.85. The molecule has 43 heavy (non-hydrogen) atoms. The molecule has 2 fully saturated rings. The quantitative estimate of drug-likeness (QED) is 0.396. The number of alkyl halides is 6. The highest BCUT2D eigenvalue weighted by Crippen LogP contribution is 2.30. The topological polar surface area (TPSA) is 70.2 Å². The Morgan fingerprint density at radius 3 is 1.84 bits per heavy atom. The van der Waals surface area contributed by atoms with Crippen LogP contribution in [0.2, 0.25) is 0 Å². The number of benzene rings is 2. The van der Waals surface area contributed by atoms with E-state index in [0.29, 0.717) is 37.2 Å². The van der Waals surface area contributed by atoms with Crippen molar-refractivity contribution in [2.24, 2.45) is 5.92 Å². The zero-order valence-corrected chi connectivity index (χ0v) is 24.1. The van der Waals surface area contributed by atoms with E-state index in [1.807, 2.05) is 4.90 Å². The molecule has 2 atom stereocenters. The second kappa shape index (κ2) is 14.0. The second-order valence-electron chi connectivity index (χ2n) is 10.6. The molecule has 2 unspecified atom stereocenters. The number of Topliss-reactive ketones (excluding diaryl/α,β-unsaturated/α-hetero) is 1. The Labute approximate surface area is 251 Å². The van der Waals surface area contributed by atoms with Crippen LogP contribution in [-0.2, 0) is 39.5 Å². The van der Waals surface area contributed by atoms with Gasteiger partial charge in [-0.15, -0.1) is 12.4 Å². The van der Waals surface area contributed by atoms with Crippen molar-refractivity contribution in [1.29, 1.82) is 0 Å². The molecule has 0 aliphatic carbocycles. The number of halogens is 7. The van der Waals surface area contributed by atoms with Crippen molar-refractivity contribution in [3.63, 3.8) is 0 Å². The third kappa shape index (κ3) is 8.85. The van der Waals surface area contributed by atoms with Crippen molar-refractivity contribution in [2.45, 2.75) is 37.7 Å². The summed E-state index contributed by atoms with van der Waals surface area (Å²) in [6.07, 6.45) is -9.03. The summed E-state index contributed by atoms with van der Waals surface area (Å²) in [5, 5.41) is 0. The molecule has 2 saturated heterocycles. The van der Waals surface area contributed by atoms with Crippen LogP contribution >= 0.6 is 12.4 Å². The first-order valence-corrected chi connectivity index (χ1v) is 13.4. The summed E-state index contributed by atoms with van der Waals surface area (Å²) in [4.78, 5) is 43.5. The molecule has 236 valence electrons. The van der Waals surface area contributed by atoms with Crippen LogP contribution in [0.3, 0.4) is 0 Å². The summed E-state index contributed by atoms with van der Waals surface area (Å²) in [6, 6.07) is 8.48. The van der Waals surface area contributed by atoms with E-state index in [1.54, 1.807) is 4.90 Å². The van der Waals surface area contributed by atoms with Crippen LogP contribution in [0.4, 0.5) is 31.1 Å². The summed E-state index contributed by atoms with van der Waals surface area (Å²) < 4.78 is 82.1. The number of ether oxygens (including phenoxy) is 1. The highest BCUT2D eigenvalue weighted by atomic mass is 35.5. The first-order chi connectivity index (χ1) is 19.7. The molecular weight excluding hydrogens is 604 g/mol. The standard InChI is InChI=1S/C29H31F6N3O4.ClH/c1-42-27(41)37-12-13-38(26(40)15-20-4-8-23(9-5-20)29(33,34)35)24(18-37)17-36-11-10-21(16-36)25(39)14-19-2-6-22(7-3-19)28(30,31)32;/h2-9,21,24H,10-18H2,1H3;1H. The van der Waals surface area contributed by atoms with Gasteiger partial charge in [-0.1, -0.05) is 24.3 Å². The number of nitrogens with zero attached hydrogens (tertiary/aromatic N) is 3. The van der Waals surface area contributed by atoms with Crippen LogP contribution in [0.25, 0.3) is 0 Å². The van der Waals surface area contributed by atoms with Gasteiger partial charge in [0.2, 0.25) is 5.91 Å². The number of ketones is 1. The molecule has 2 aliphatic heterocycles. The Morgan fingerprint density at radius 1 is 0.791 bits per heavy atom. The predicted molar refractivity (Wildman–Crippen MR) is 147 cm³/mol. The van der Waals surface area contributed by atoms with Crippen LogP contribution in [0.1, 0.15) is 28.7 Å². The first-order valence-electron chi connectivity index (χ1n) is 13.4. The van der Waals surface area contributed by atoms with Gasteiger partial charge in [-0.05, 0) is 48.4 Å². The first kappa shape index (κ1) is 34.2. The van der Waals surface area contributed by atoms with Crippen LogP contribution in [0, 0.1) is 5.92 Å². The third-order valence-corrected chi connectivity index (χ3v) is 7.73. The lowest BCUT2D eigenvalue weighted by atomic mass is 9.96. The van der Waals surface area contributed by atoms with Gasteiger partial charge in [0.1, 0.15) is 5.78 Å². The van der Waals surface area contributed by atoms with Crippen molar-refractivity contribution < 1.29 is 45.5 Å². The van der Waals surface area contributed by atoms with E-state index in [9.17, 15) is 40.7 Å². The average Bonchev–Trinajstić information content (AvgIpc) is 3.41. The van der Waals surface area contributed by atoms with E-state index in [4.69, 9.17) is 4.74 Å². The van der Waals surface area contributed by atoms with Crippen LogP contribution in [-0.4, -0.2) is 84.9 Å². The number of methoxy groups -OCH3 is 1. The van der Waals surface area contributed by atoms with Gasteiger partial charge in [0, 0.05) is 45.1 Å². The third-order valence-electron chi connectivity index (χ3n) is 7.73. The molecule has 2 aromatic rings. The van der Waals surface area contributed by atoms with Gasteiger partial charge >= 0.3 is 18.4 Å². The van der Waals surface area contributed by atoms with Gasteiger partial charge in [-0.2, -0.15) is 26.3 Å². The minimum absolute atomic E-state index is 0. The van der Waals surface area contributed by atoms with Gasteiger partial charge < -0.3 is 19.4 Å². The molecule has 2 aromatic carbocycles. The van der Waals surface area contributed by atoms with Crippen molar-refractivity contribution in [1.82, 2.24) is 14.7 Å². The molecule has 7 nitrogen and oxygen atoms in total. The molecule has 0 aromatic heterocycles. The Balaban J connectivity index is 0.00000506. The number of rotatable bonds is 7. The molecular formula is C29H32ClF6N3O4. The minimum atomic E-state index is -4.48. The fourth-order valence-electron chi connectivity index (χ4n) is 5.44. The van der Waals surface area contributed by atoms with Crippen LogP contribution in [0.5, 0.6) is 0 Å². The van der Waals surface area contributed by atoms with E-state index in [-0.39, 0.29) is 62.5 Å². The average molecular weight is 636 g/mol. The predicted octanol–water partition coefficient (Wildman–Crippen LogP) is 5.10. The van der Waals surface area contributed by atoms with E-state index >= 15 is 0 Å². The largest absolute Gasteiger partial charge is 0.453 e. The fraction of sp³-hybridized carbons (Fsp3) is 0.483. The van der Waals surface area contributed by atoms with E-state index in [0.717, 1.165) is 24.3 Å². The summed E-state index contributed by atoms with van der Waals surface area (Å²) in [5.74, 6) is -0.713. The fourth-order valence-corrected chi connectivity index (χ4v) is 5.44. The number of carbonyl (C=O) groups is 3. The van der Waals surface area contributed by atoms with Crippen molar-refractivity contribution in [2.75, 3.05) is 46.4 Å². The molecule has 4 rings (SSSR count). The summed E-state index contributed by atoms with van der Waals surface area (Å²) in [6.45, 7) is 1.94. The number of hydrogen-bond acceptors (Lipinski definition) is 5. The maximum Gasteiger partial charge on any atom is 0.416 e. The summed E-state index contributed by atoms with van der Waals surface area (Å²) >= 11 is 0.